The lowest BCUT2D eigenvalue weighted by atomic mass is 10.2. The van der Waals surface area contributed by atoms with Crippen LogP contribution < -0.4 is 21.4 Å². The van der Waals surface area contributed by atoms with Gasteiger partial charge in [-0.05, 0) is 37.3 Å². The topological polar surface area (TPSA) is 84.7 Å². The largest absolute Gasteiger partial charge is 0.375 e. The number of nitrogens with two attached hydrogens (primary N) is 1. The molecule has 0 unspecified atom stereocenters. The van der Waals surface area contributed by atoms with E-state index in [1.807, 2.05) is 6.92 Å². The predicted molar refractivity (Wildman–Crippen MR) is 100 cm³/mol. The molecule has 0 saturated heterocycles. The first-order valence-corrected chi connectivity index (χ1v) is 8.38. The van der Waals surface area contributed by atoms with E-state index in [9.17, 15) is 18.4 Å². The van der Waals surface area contributed by atoms with Crippen LogP contribution in [0.4, 0.5) is 25.8 Å². The number of benzene rings is 1. The molecule has 144 valence electrons. The molecule has 2 aromatic carbocycles. The van der Waals surface area contributed by atoms with Crippen LogP contribution in [0.25, 0.3) is 0 Å². The van der Waals surface area contributed by atoms with Crippen molar-refractivity contribution in [1.29, 1.82) is 0 Å². The van der Waals surface area contributed by atoms with Crippen molar-refractivity contribution in [3.05, 3.63) is 64.3 Å². The fourth-order valence-electron chi connectivity index (χ4n) is 2.46. The monoisotopic (exact) mass is 377 g/mol. The van der Waals surface area contributed by atoms with E-state index >= 15 is 0 Å². The number of hydrogen-bond donors (Lipinski definition) is 2. The van der Waals surface area contributed by atoms with Gasteiger partial charge in [0.1, 0.15) is 11.6 Å². The van der Waals surface area contributed by atoms with Crippen molar-refractivity contribution in [2.75, 3.05) is 29.9 Å². The Bertz CT molecular complexity index is 849. The van der Waals surface area contributed by atoms with Gasteiger partial charge < -0.3 is 20.7 Å². The summed E-state index contributed by atoms with van der Waals surface area (Å²) in [6.45, 7) is 2.65. The first-order valence-electron chi connectivity index (χ1n) is 8.38. The summed E-state index contributed by atoms with van der Waals surface area (Å²) in [4.78, 5) is 24.6. The number of ether oxygens (including phenoxy) is 1. The Labute approximate surface area is 155 Å². The van der Waals surface area contributed by atoms with Gasteiger partial charge in [-0.3, -0.25) is 9.59 Å². The maximum absolute atomic E-state index is 14.5. The Hall–Kier alpha value is -2.84. The summed E-state index contributed by atoms with van der Waals surface area (Å²) >= 11 is 0. The predicted octanol–water partition coefficient (Wildman–Crippen LogP) is 2.40. The minimum atomic E-state index is -0.686. The number of amides is 1. The van der Waals surface area contributed by atoms with Crippen LogP contribution in [0.1, 0.15) is 6.92 Å². The molecule has 0 fully saturated rings. The standard InChI is InChI=1S/C19H21F2N3O3/c1-2-27-15(10-22)11-24(12-25)14-6-7-17(16(21)9-14)23-18-5-3-4-13(20)8-19(18)26/h3-9,12,15H,2,10-11,22H2,1H3,(H,23,26)/t15-/m0/s1. The van der Waals surface area contributed by atoms with Crippen molar-refractivity contribution < 1.29 is 18.3 Å². The Morgan fingerprint density at radius 1 is 1.22 bits per heavy atom. The molecule has 0 aliphatic rings. The van der Waals surface area contributed by atoms with Gasteiger partial charge in [0.25, 0.3) is 0 Å². The third-order valence-corrected chi connectivity index (χ3v) is 3.80. The molecule has 27 heavy (non-hydrogen) atoms. The molecule has 0 spiro atoms. The molecule has 3 N–H and O–H groups in total. The van der Waals surface area contributed by atoms with Crippen LogP contribution in [0.15, 0.2) is 47.3 Å². The van der Waals surface area contributed by atoms with Crippen LogP contribution in [0, 0.1) is 11.6 Å². The fourth-order valence-corrected chi connectivity index (χ4v) is 2.46. The Kier molecular flexibility index (Phi) is 7.39. The molecule has 8 heteroatoms. The molecule has 0 heterocycles. The number of hydrogen-bond acceptors (Lipinski definition) is 5. The summed E-state index contributed by atoms with van der Waals surface area (Å²) in [5, 5.41) is 2.64. The zero-order chi connectivity index (χ0) is 19.8. The van der Waals surface area contributed by atoms with Gasteiger partial charge in [-0.15, -0.1) is 0 Å². The Morgan fingerprint density at radius 3 is 2.63 bits per heavy atom. The number of nitrogens with zero attached hydrogens (tertiary/aromatic N) is 1. The Morgan fingerprint density at radius 2 is 2.00 bits per heavy atom. The molecule has 1 atom stereocenters. The summed E-state index contributed by atoms with van der Waals surface area (Å²) in [6.07, 6.45) is 0.197. The molecule has 0 radical (unpaired) electrons. The maximum atomic E-state index is 14.5. The maximum Gasteiger partial charge on any atom is 0.214 e. The number of halogens is 2. The first kappa shape index (κ1) is 20.5. The number of nitrogens with one attached hydrogen (secondary N) is 1. The molecular weight excluding hydrogens is 356 g/mol. The number of carbonyl (C=O) groups excluding carboxylic acids is 1. The minimum absolute atomic E-state index is 0.0218. The van der Waals surface area contributed by atoms with Gasteiger partial charge in [0, 0.05) is 24.9 Å². The van der Waals surface area contributed by atoms with Gasteiger partial charge in [0.2, 0.25) is 11.8 Å². The SMILES string of the molecule is CCO[C@@H](CN)CN(C=O)c1ccc(Nc2cccc(F)cc2=O)c(F)c1. The molecule has 2 aromatic rings. The fraction of sp³-hybridized carbons (Fsp3) is 0.263. The van der Waals surface area contributed by atoms with Crippen LogP contribution in [0.5, 0.6) is 0 Å². The zero-order valence-electron chi connectivity index (χ0n) is 14.8. The third kappa shape index (κ3) is 5.57. The summed E-state index contributed by atoms with van der Waals surface area (Å²) < 4.78 is 33.1. The molecule has 0 bridgehead atoms. The van der Waals surface area contributed by atoms with Crippen molar-refractivity contribution in [3.8, 4) is 0 Å². The van der Waals surface area contributed by atoms with Crippen molar-refractivity contribution >= 4 is 23.5 Å². The van der Waals surface area contributed by atoms with Crippen molar-refractivity contribution in [2.45, 2.75) is 13.0 Å². The molecular formula is C19H21F2N3O3. The van der Waals surface area contributed by atoms with E-state index in [1.54, 1.807) is 0 Å². The lowest BCUT2D eigenvalue weighted by Crippen LogP contribution is -2.37. The van der Waals surface area contributed by atoms with Gasteiger partial charge in [-0.25, -0.2) is 8.78 Å². The smallest absolute Gasteiger partial charge is 0.214 e. The van der Waals surface area contributed by atoms with Crippen LogP contribution in [0.2, 0.25) is 0 Å². The zero-order valence-corrected chi connectivity index (χ0v) is 14.8. The van der Waals surface area contributed by atoms with Crippen molar-refractivity contribution in [2.24, 2.45) is 5.73 Å². The van der Waals surface area contributed by atoms with Crippen LogP contribution in [-0.2, 0) is 9.53 Å². The second kappa shape index (κ2) is 9.75. The lowest BCUT2D eigenvalue weighted by Gasteiger charge is -2.23. The second-order valence-corrected chi connectivity index (χ2v) is 5.69. The van der Waals surface area contributed by atoms with E-state index in [0.29, 0.717) is 18.7 Å². The van der Waals surface area contributed by atoms with Crippen molar-refractivity contribution in [1.82, 2.24) is 0 Å². The third-order valence-electron chi connectivity index (χ3n) is 3.80. The Balaban J connectivity index is 2.23. The summed E-state index contributed by atoms with van der Waals surface area (Å²) in [5.74, 6) is -1.36. The second-order valence-electron chi connectivity index (χ2n) is 5.69. The molecule has 0 aliphatic heterocycles. The quantitative estimate of drug-likeness (QED) is 0.656. The highest BCUT2D eigenvalue weighted by molar-refractivity contribution is 5.76. The van der Waals surface area contributed by atoms with Gasteiger partial charge in [0.05, 0.1) is 24.0 Å². The van der Waals surface area contributed by atoms with E-state index < -0.39 is 17.1 Å². The highest BCUT2D eigenvalue weighted by atomic mass is 19.1. The normalized spacial score (nSPS) is 11.7. The number of rotatable bonds is 9. The number of carbonyl (C=O) groups is 1. The highest BCUT2D eigenvalue weighted by Crippen LogP contribution is 2.24. The van der Waals surface area contributed by atoms with E-state index in [2.05, 4.69) is 5.32 Å². The van der Waals surface area contributed by atoms with Crippen LogP contribution in [0.3, 0.4) is 0 Å². The highest BCUT2D eigenvalue weighted by Gasteiger charge is 2.15. The van der Waals surface area contributed by atoms with Crippen LogP contribution in [-0.4, -0.2) is 32.2 Å². The van der Waals surface area contributed by atoms with Gasteiger partial charge >= 0.3 is 0 Å². The van der Waals surface area contributed by atoms with Crippen LogP contribution >= 0.6 is 0 Å². The van der Waals surface area contributed by atoms with Gasteiger partial charge in [0.15, 0.2) is 0 Å². The summed E-state index contributed by atoms with van der Waals surface area (Å²) in [6, 6.07) is 8.70. The van der Waals surface area contributed by atoms with E-state index in [-0.39, 0.29) is 30.6 Å². The van der Waals surface area contributed by atoms with E-state index in [1.165, 1.54) is 29.2 Å². The molecule has 0 aromatic heterocycles. The molecule has 6 nitrogen and oxygen atoms in total. The van der Waals surface area contributed by atoms with Crippen molar-refractivity contribution in [3.63, 3.8) is 0 Å². The van der Waals surface area contributed by atoms with E-state index in [4.69, 9.17) is 10.5 Å². The first-order chi connectivity index (χ1) is 13.0. The molecule has 2 rings (SSSR count). The average Bonchev–Trinajstić information content (AvgIpc) is 2.80. The molecule has 0 aliphatic carbocycles. The minimum Gasteiger partial charge on any atom is -0.375 e. The lowest BCUT2D eigenvalue weighted by molar-refractivity contribution is -0.107. The molecule has 0 saturated carbocycles. The van der Waals surface area contributed by atoms with Gasteiger partial charge in [-0.1, -0.05) is 6.07 Å². The van der Waals surface area contributed by atoms with Gasteiger partial charge in [-0.2, -0.15) is 0 Å². The summed E-state index contributed by atoms with van der Waals surface area (Å²) in [7, 11) is 0. The summed E-state index contributed by atoms with van der Waals surface area (Å²) in [5.41, 5.74) is 5.36. The number of anilines is 3. The molecule has 1 amide bonds. The average molecular weight is 377 g/mol. The van der Waals surface area contributed by atoms with E-state index in [0.717, 1.165) is 18.2 Å².